The molecule has 0 amide bonds. The van der Waals surface area contributed by atoms with E-state index >= 15 is 0 Å². The minimum absolute atomic E-state index is 0. The lowest BCUT2D eigenvalue weighted by Crippen LogP contribution is -2.43. The van der Waals surface area contributed by atoms with E-state index in [0.29, 0.717) is 6.04 Å². The maximum atomic E-state index is 5.59. The van der Waals surface area contributed by atoms with Crippen LogP contribution in [-0.4, -0.2) is 42.7 Å². The molecule has 0 bridgehead atoms. The Kier molecular flexibility index (Phi) is 33.0. The first-order valence-corrected chi connectivity index (χ1v) is 18.0. The largest absolute Gasteiger partial charge is 0.500 e. The molecule has 0 aliphatic rings. The molecule has 0 saturated carbocycles. The molecule has 0 heterocycles. The molecule has 0 fully saturated rings. The average molecular weight is 566 g/mol. The van der Waals surface area contributed by atoms with Crippen LogP contribution >= 0.6 is 12.4 Å². The van der Waals surface area contributed by atoms with Gasteiger partial charge in [0.05, 0.1) is 0 Å². The van der Waals surface area contributed by atoms with Gasteiger partial charge in [-0.25, -0.2) is 0 Å². The topological polar surface area (TPSA) is 39.7 Å². The molecule has 0 rings (SSSR count). The minimum atomic E-state index is -2.44. The lowest BCUT2D eigenvalue weighted by Gasteiger charge is -2.25. The second-order valence-corrected chi connectivity index (χ2v) is 14.1. The Labute approximate surface area is 240 Å². The molecule has 0 aromatic heterocycles. The summed E-state index contributed by atoms with van der Waals surface area (Å²) in [4.78, 5) is 0. The molecule has 0 aliphatic carbocycles. The maximum absolute atomic E-state index is 5.59. The summed E-state index contributed by atoms with van der Waals surface area (Å²) in [6.45, 7) is 5.63. The summed E-state index contributed by atoms with van der Waals surface area (Å²) >= 11 is 0. The summed E-state index contributed by atoms with van der Waals surface area (Å²) in [5.41, 5.74) is 0. The van der Waals surface area contributed by atoms with E-state index in [1.807, 2.05) is 0 Å². The highest BCUT2D eigenvalue weighted by Gasteiger charge is 2.36. The fourth-order valence-corrected chi connectivity index (χ4v) is 6.99. The Morgan fingerprint density at radius 3 is 1.14 bits per heavy atom. The number of hydrogen-bond acceptors (Lipinski definition) is 4. The van der Waals surface area contributed by atoms with Crippen LogP contribution in [-0.2, 0) is 13.3 Å². The molecule has 0 atom stereocenters. The van der Waals surface area contributed by atoms with E-state index in [9.17, 15) is 0 Å². The van der Waals surface area contributed by atoms with Gasteiger partial charge < -0.3 is 18.6 Å². The number of rotatable bonds is 30. The summed E-state index contributed by atoms with van der Waals surface area (Å²) in [5, 5.41) is 3.88. The van der Waals surface area contributed by atoms with E-state index in [-0.39, 0.29) is 12.4 Å². The third-order valence-corrected chi connectivity index (χ3v) is 10.7. The number of unbranched alkanes of at least 4 members (excludes halogenated alkanes) is 18. The van der Waals surface area contributed by atoms with E-state index in [0.717, 1.165) is 19.0 Å². The van der Waals surface area contributed by atoms with Gasteiger partial charge >= 0.3 is 8.80 Å². The Hall–Kier alpha value is 0.347. The molecule has 1 N–H and O–H groups in total. The minimum Gasteiger partial charge on any atom is -0.377 e. The number of nitrogens with one attached hydrogen (secondary N) is 1. The second-order valence-electron chi connectivity index (χ2n) is 11.0. The smallest absolute Gasteiger partial charge is 0.377 e. The summed E-state index contributed by atoms with van der Waals surface area (Å²) in [5.74, 6) is 0. The third kappa shape index (κ3) is 25.1. The van der Waals surface area contributed by atoms with Crippen molar-refractivity contribution >= 4 is 21.2 Å². The zero-order valence-corrected chi connectivity index (χ0v) is 27.7. The predicted molar refractivity (Wildman–Crippen MR) is 168 cm³/mol. The first-order chi connectivity index (χ1) is 17.7. The summed E-state index contributed by atoms with van der Waals surface area (Å²) in [7, 11) is 2.70. The van der Waals surface area contributed by atoms with Crippen LogP contribution in [0.2, 0.25) is 6.04 Å². The summed E-state index contributed by atoms with van der Waals surface area (Å²) < 4.78 is 16.8. The Morgan fingerprint density at radius 1 is 0.486 bits per heavy atom. The molecule has 0 aromatic carbocycles. The van der Waals surface area contributed by atoms with Crippen LogP contribution in [0.4, 0.5) is 0 Å². The molecule has 0 aliphatic heterocycles. The fourth-order valence-electron chi connectivity index (χ4n) is 5.27. The lowest BCUT2D eigenvalue weighted by molar-refractivity contribution is 0.123. The fraction of sp³-hybridized carbons (Fsp3) is 1.00. The van der Waals surface area contributed by atoms with Crippen molar-refractivity contribution in [2.24, 2.45) is 0 Å². The van der Waals surface area contributed by atoms with Crippen molar-refractivity contribution in [2.75, 3.05) is 27.9 Å². The van der Waals surface area contributed by atoms with Crippen LogP contribution < -0.4 is 5.32 Å². The quantitative estimate of drug-likeness (QED) is 0.0694. The Morgan fingerprint density at radius 2 is 0.811 bits per heavy atom. The monoisotopic (exact) mass is 565 g/mol. The number of hydrogen-bond donors (Lipinski definition) is 1. The molecule has 37 heavy (non-hydrogen) atoms. The normalized spacial score (nSPS) is 11.8. The van der Waals surface area contributed by atoms with Crippen LogP contribution in [0.1, 0.15) is 162 Å². The standard InChI is InChI=1S/C31H67NO3Si.ClH/c1-6-8-10-12-14-16-18-20-22-24-27-31(32-29-26-30-36(33-3,34-4)35-5)28-25-23-21-19-17-15-13-11-9-7-2;/h31-32H,6-30H2,1-5H3;1H. The number of halogens is 1. The van der Waals surface area contributed by atoms with Gasteiger partial charge in [-0.05, 0) is 25.8 Å². The molecule has 0 aromatic rings. The summed E-state index contributed by atoms with van der Waals surface area (Å²) in [6, 6.07) is 1.55. The molecule has 6 heteroatoms. The maximum Gasteiger partial charge on any atom is 0.500 e. The van der Waals surface area contributed by atoms with Crippen molar-refractivity contribution in [1.29, 1.82) is 0 Å². The molecule has 0 spiro atoms. The average Bonchev–Trinajstić information content (AvgIpc) is 2.90. The molecule has 0 saturated heterocycles. The van der Waals surface area contributed by atoms with Gasteiger partial charge in [0.25, 0.3) is 0 Å². The highest BCUT2D eigenvalue weighted by molar-refractivity contribution is 6.60. The SMILES string of the molecule is CCCCCCCCCCCCC(CCCCCCCCCCCC)NCCC[Si](OC)(OC)OC.Cl. The van der Waals surface area contributed by atoms with Crippen LogP contribution in [0, 0.1) is 0 Å². The van der Waals surface area contributed by atoms with E-state index < -0.39 is 8.80 Å². The first kappa shape index (κ1) is 39.5. The zero-order valence-electron chi connectivity index (χ0n) is 25.9. The first-order valence-electron chi connectivity index (χ1n) is 16.1. The highest BCUT2D eigenvalue weighted by atomic mass is 35.5. The van der Waals surface area contributed by atoms with E-state index in [4.69, 9.17) is 13.3 Å². The molecule has 226 valence electrons. The van der Waals surface area contributed by atoms with E-state index in [1.54, 1.807) is 21.3 Å². The van der Waals surface area contributed by atoms with Gasteiger partial charge in [-0.15, -0.1) is 12.4 Å². The Bertz CT molecular complexity index is 395. The molecular formula is C31H68ClNO3Si. The van der Waals surface area contributed by atoms with Crippen LogP contribution in [0.15, 0.2) is 0 Å². The van der Waals surface area contributed by atoms with Gasteiger partial charge in [0.15, 0.2) is 0 Å². The van der Waals surface area contributed by atoms with Crippen molar-refractivity contribution in [3.05, 3.63) is 0 Å². The predicted octanol–water partition coefficient (Wildman–Crippen LogP) is 10.3. The zero-order chi connectivity index (χ0) is 26.6. The van der Waals surface area contributed by atoms with Crippen molar-refractivity contribution < 1.29 is 13.3 Å². The van der Waals surface area contributed by atoms with Crippen molar-refractivity contribution in [3.63, 3.8) is 0 Å². The van der Waals surface area contributed by atoms with Gasteiger partial charge in [-0.2, -0.15) is 0 Å². The van der Waals surface area contributed by atoms with Crippen molar-refractivity contribution in [1.82, 2.24) is 5.32 Å². The van der Waals surface area contributed by atoms with Gasteiger partial charge in [-0.3, -0.25) is 0 Å². The lowest BCUT2D eigenvalue weighted by atomic mass is 9.99. The van der Waals surface area contributed by atoms with Gasteiger partial charge in [-0.1, -0.05) is 142 Å². The van der Waals surface area contributed by atoms with Gasteiger partial charge in [0.1, 0.15) is 0 Å². The highest BCUT2D eigenvalue weighted by Crippen LogP contribution is 2.18. The molecule has 0 radical (unpaired) electrons. The Balaban J connectivity index is 0. The van der Waals surface area contributed by atoms with E-state index in [1.165, 1.54) is 141 Å². The second kappa shape index (κ2) is 30.9. The van der Waals surface area contributed by atoms with Gasteiger partial charge in [0, 0.05) is 33.4 Å². The van der Waals surface area contributed by atoms with Crippen LogP contribution in [0.5, 0.6) is 0 Å². The van der Waals surface area contributed by atoms with Crippen LogP contribution in [0.3, 0.4) is 0 Å². The molecular weight excluding hydrogens is 498 g/mol. The van der Waals surface area contributed by atoms with E-state index in [2.05, 4.69) is 19.2 Å². The summed E-state index contributed by atoms with van der Waals surface area (Å²) in [6.07, 6.45) is 32.0. The van der Waals surface area contributed by atoms with Crippen molar-refractivity contribution in [2.45, 2.75) is 174 Å². The van der Waals surface area contributed by atoms with Crippen LogP contribution in [0.25, 0.3) is 0 Å². The van der Waals surface area contributed by atoms with Gasteiger partial charge in [0.2, 0.25) is 0 Å². The van der Waals surface area contributed by atoms with Crippen molar-refractivity contribution in [3.8, 4) is 0 Å². The molecule has 0 unspecified atom stereocenters. The molecule has 4 nitrogen and oxygen atoms in total. The third-order valence-electron chi connectivity index (χ3n) is 7.84.